The second kappa shape index (κ2) is 7.47. The number of nitrogens with zero attached hydrogens (tertiary/aromatic N) is 1. The second-order valence-electron chi connectivity index (χ2n) is 4.90. The molecule has 0 aliphatic carbocycles. The Balaban J connectivity index is 1.93. The van der Waals surface area contributed by atoms with Crippen LogP contribution in [0.3, 0.4) is 0 Å². The third-order valence-electron chi connectivity index (χ3n) is 3.18. The maximum absolute atomic E-state index is 11.9. The molecule has 0 aromatic carbocycles. The van der Waals surface area contributed by atoms with Crippen LogP contribution in [-0.4, -0.2) is 17.0 Å². The minimum absolute atomic E-state index is 0.0977. The molecule has 2 aromatic rings. The lowest BCUT2D eigenvalue weighted by atomic mass is 10.2. The number of aromatic nitrogens is 1. The predicted molar refractivity (Wildman–Crippen MR) is 80.4 cm³/mol. The van der Waals surface area contributed by atoms with Crippen molar-refractivity contribution in [2.45, 2.75) is 32.7 Å². The van der Waals surface area contributed by atoms with Crippen LogP contribution in [0.25, 0.3) is 0 Å². The summed E-state index contributed by atoms with van der Waals surface area (Å²) in [5.41, 5.74) is -0.0977. The van der Waals surface area contributed by atoms with Gasteiger partial charge in [-0.1, -0.05) is 25.8 Å². The van der Waals surface area contributed by atoms with Crippen molar-refractivity contribution in [3.8, 4) is 0 Å². The highest BCUT2D eigenvalue weighted by Crippen LogP contribution is 2.09. The van der Waals surface area contributed by atoms with E-state index in [9.17, 15) is 9.59 Å². The molecule has 0 saturated heterocycles. The number of pyridine rings is 1. The molecule has 0 bridgehead atoms. The summed E-state index contributed by atoms with van der Waals surface area (Å²) in [6.45, 7) is 3.09. The lowest BCUT2D eigenvalue weighted by Crippen LogP contribution is -2.23. The number of furan rings is 1. The minimum Gasteiger partial charge on any atom is -0.454 e. The SMILES string of the molecule is CCCCCNC(=O)c1ccc(Cn2ccccc2=O)o1. The minimum atomic E-state index is -0.210. The van der Waals surface area contributed by atoms with E-state index < -0.39 is 0 Å². The number of hydrogen-bond donors (Lipinski definition) is 1. The van der Waals surface area contributed by atoms with E-state index in [1.165, 1.54) is 10.6 Å². The van der Waals surface area contributed by atoms with Crippen LogP contribution >= 0.6 is 0 Å². The van der Waals surface area contributed by atoms with E-state index in [0.29, 0.717) is 18.8 Å². The summed E-state index contributed by atoms with van der Waals surface area (Å²) < 4.78 is 7.02. The number of carbonyl (C=O) groups excluding carboxylic acids is 1. The van der Waals surface area contributed by atoms with Crippen LogP contribution in [0.15, 0.2) is 45.7 Å². The average Bonchev–Trinajstić information content (AvgIpc) is 2.94. The van der Waals surface area contributed by atoms with Crippen LogP contribution in [-0.2, 0) is 6.54 Å². The van der Waals surface area contributed by atoms with Gasteiger partial charge in [0.2, 0.25) is 0 Å². The van der Waals surface area contributed by atoms with E-state index in [0.717, 1.165) is 19.3 Å². The summed E-state index contributed by atoms with van der Waals surface area (Å²) >= 11 is 0. The van der Waals surface area contributed by atoms with E-state index in [1.54, 1.807) is 30.5 Å². The highest BCUT2D eigenvalue weighted by Gasteiger charge is 2.10. The lowest BCUT2D eigenvalue weighted by Gasteiger charge is -2.03. The predicted octanol–water partition coefficient (Wildman–Crippen LogP) is 2.41. The van der Waals surface area contributed by atoms with Gasteiger partial charge in [0.15, 0.2) is 5.76 Å². The molecule has 0 spiro atoms. The molecule has 2 aromatic heterocycles. The molecule has 5 heteroatoms. The van der Waals surface area contributed by atoms with Gasteiger partial charge < -0.3 is 14.3 Å². The number of unbranched alkanes of at least 4 members (excludes halogenated alkanes) is 2. The first-order valence-electron chi connectivity index (χ1n) is 7.23. The molecule has 0 atom stereocenters. The largest absolute Gasteiger partial charge is 0.454 e. The van der Waals surface area contributed by atoms with Crippen molar-refractivity contribution < 1.29 is 9.21 Å². The van der Waals surface area contributed by atoms with Crippen molar-refractivity contribution in [3.63, 3.8) is 0 Å². The molecule has 2 heterocycles. The molecule has 5 nitrogen and oxygen atoms in total. The summed E-state index contributed by atoms with van der Waals surface area (Å²) in [6, 6.07) is 8.32. The van der Waals surface area contributed by atoms with Gasteiger partial charge in [-0.2, -0.15) is 0 Å². The maximum atomic E-state index is 11.9. The van der Waals surface area contributed by atoms with Gasteiger partial charge in [-0.15, -0.1) is 0 Å². The third kappa shape index (κ3) is 4.34. The molecule has 1 amide bonds. The number of nitrogens with one attached hydrogen (secondary N) is 1. The summed E-state index contributed by atoms with van der Waals surface area (Å²) in [4.78, 5) is 23.5. The van der Waals surface area contributed by atoms with Crippen molar-refractivity contribution in [1.29, 1.82) is 0 Å². The molecule has 1 N–H and O–H groups in total. The lowest BCUT2D eigenvalue weighted by molar-refractivity contribution is 0.0923. The zero-order chi connectivity index (χ0) is 15.1. The first kappa shape index (κ1) is 15.1. The first-order valence-corrected chi connectivity index (χ1v) is 7.23. The van der Waals surface area contributed by atoms with Crippen LogP contribution in [0.5, 0.6) is 0 Å². The molecule has 21 heavy (non-hydrogen) atoms. The van der Waals surface area contributed by atoms with Gasteiger partial charge in [0.1, 0.15) is 5.76 Å². The molecule has 112 valence electrons. The molecular formula is C16H20N2O3. The molecule has 0 fully saturated rings. The summed E-state index contributed by atoms with van der Waals surface area (Å²) in [6.07, 6.45) is 4.87. The number of hydrogen-bond acceptors (Lipinski definition) is 3. The zero-order valence-electron chi connectivity index (χ0n) is 12.2. The van der Waals surface area contributed by atoms with E-state index >= 15 is 0 Å². The Morgan fingerprint density at radius 3 is 2.86 bits per heavy atom. The third-order valence-corrected chi connectivity index (χ3v) is 3.18. The van der Waals surface area contributed by atoms with E-state index in [2.05, 4.69) is 12.2 Å². The van der Waals surface area contributed by atoms with Crippen LogP contribution in [0, 0.1) is 0 Å². The number of amides is 1. The smallest absolute Gasteiger partial charge is 0.286 e. The monoisotopic (exact) mass is 288 g/mol. The first-order chi connectivity index (χ1) is 10.2. The standard InChI is InChI=1S/C16H20N2O3/c1-2-3-5-10-17-16(20)14-9-8-13(21-14)12-18-11-6-4-7-15(18)19/h4,6-9,11H,2-3,5,10,12H2,1H3,(H,17,20). The van der Waals surface area contributed by atoms with Gasteiger partial charge in [0, 0.05) is 18.8 Å². The van der Waals surface area contributed by atoms with Gasteiger partial charge >= 0.3 is 0 Å². The van der Waals surface area contributed by atoms with Crippen molar-refractivity contribution in [1.82, 2.24) is 9.88 Å². The van der Waals surface area contributed by atoms with Crippen molar-refractivity contribution in [2.75, 3.05) is 6.54 Å². The fourth-order valence-corrected chi connectivity index (χ4v) is 2.01. The zero-order valence-corrected chi connectivity index (χ0v) is 12.2. The topological polar surface area (TPSA) is 64.2 Å². The molecule has 2 rings (SSSR count). The van der Waals surface area contributed by atoms with Gasteiger partial charge in [-0.05, 0) is 24.6 Å². The highest BCUT2D eigenvalue weighted by atomic mass is 16.4. The molecule has 0 saturated carbocycles. The van der Waals surface area contributed by atoms with Crippen LogP contribution in [0.1, 0.15) is 42.5 Å². The van der Waals surface area contributed by atoms with E-state index in [1.807, 2.05) is 0 Å². The summed E-state index contributed by atoms with van der Waals surface area (Å²) in [5, 5.41) is 2.82. The van der Waals surface area contributed by atoms with Crippen molar-refractivity contribution in [2.24, 2.45) is 0 Å². The second-order valence-corrected chi connectivity index (χ2v) is 4.90. The Kier molecular flexibility index (Phi) is 5.37. The molecule has 0 aliphatic heterocycles. The molecular weight excluding hydrogens is 268 g/mol. The summed E-state index contributed by atoms with van der Waals surface area (Å²) in [5.74, 6) is 0.658. The van der Waals surface area contributed by atoms with Gasteiger partial charge in [0.25, 0.3) is 11.5 Å². The van der Waals surface area contributed by atoms with Crippen LogP contribution < -0.4 is 10.9 Å². The number of rotatable bonds is 7. The average molecular weight is 288 g/mol. The Labute approximate surface area is 123 Å². The quantitative estimate of drug-likeness (QED) is 0.796. The normalized spacial score (nSPS) is 10.5. The fraction of sp³-hybridized carbons (Fsp3) is 0.375. The Bertz CT molecular complexity index is 643. The van der Waals surface area contributed by atoms with Crippen LogP contribution in [0.2, 0.25) is 0 Å². The number of carbonyl (C=O) groups is 1. The van der Waals surface area contributed by atoms with E-state index in [4.69, 9.17) is 4.42 Å². The van der Waals surface area contributed by atoms with Gasteiger partial charge in [-0.25, -0.2) is 0 Å². The Morgan fingerprint density at radius 1 is 1.24 bits per heavy atom. The Hall–Kier alpha value is -2.30. The maximum Gasteiger partial charge on any atom is 0.286 e. The molecule has 0 radical (unpaired) electrons. The highest BCUT2D eigenvalue weighted by molar-refractivity contribution is 5.91. The Morgan fingerprint density at radius 2 is 2.10 bits per heavy atom. The van der Waals surface area contributed by atoms with E-state index in [-0.39, 0.29) is 17.2 Å². The molecule has 0 unspecified atom stereocenters. The van der Waals surface area contributed by atoms with Gasteiger partial charge in [-0.3, -0.25) is 9.59 Å². The van der Waals surface area contributed by atoms with Crippen molar-refractivity contribution >= 4 is 5.91 Å². The van der Waals surface area contributed by atoms with Crippen LogP contribution in [0.4, 0.5) is 0 Å². The van der Waals surface area contributed by atoms with Crippen molar-refractivity contribution in [3.05, 3.63) is 58.4 Å². The summed E-state index contributed by atoms with van der Waals surface area (Å²) in [7, 11) is 0. The molecule has 0 aliphatic rings. The fourth-order valence-electron chi connectivity index (χ4n) is 2.01. The van der Waals surface area contributed by atoms with Gasteiger partial charge in [0.05, 0.1) is 6.54 Å².